The number of hydrazine groups is 1. The van der Waals surface area contributed by atoms with Gasteiger partial charge in [-0.1, -0.05) is 13.3 Å². The molecule has 2 atom stereocenters. The summed E-state index contributed by atoms with van der Waals surface area (Å²) < 4.78 is 0. The Kier molecular flexibility index (Phi) is 3.49. The minimum atomic E-state index is -0.0897. The Morgan fingerprint density at radius 3 is 3.08 bits per heavy atom. The minimum absolute atomic E-state index is 0.0753. The molecule has 1 heterocycles. The first-order chi connectivity index (χ1) is 5.77. The molecule has 0 radical (unpaired) electrons. The molecule has 0 bridgehead atoms. The molecule has 1 saturated heterocycles. The average molecular weight is 171 g/mol. The molecule has 4 heteroatoms. The summed E-state index contributed by atoms with van der Waals surface area (Å²) in [4.78, 5) is 11.1. The Morgan fingerprint density at radius 1 is 1.75 bits per heavy atom. The Balaban J connectivity index is 2.40. The average Bonchev–Trinajstić information content (AvgIpc) is 2.17. The second-order valence-electron chi connectivity index (χ2n) is 3.31. The fourth-order valence-corrected chi connectivity index (χ4v) is 1.67. The van der Waals surface area contributed by atoms with E-state index in [9.17, 15) is 4.79 Å². The van der Waals surface area contributed by atoms with Gasteiger partial charge in [0.1, 0.15) is 0 Å². The summed E-state index contributed by atoms with van der Waals surface area (Å²) in [5.74, 6) is 5.64. The van der Waals surface area contributed by atoms with Crippen molar-refractivity contribution in [3.8, 4) is 0 Å². The molecule has 1 rings (SSSR count). The largest absolute Gasteiger partial charge is 0.306 e. The van der Waals surface area contributed by atoms with Gasteiger partial charge in [-0.25, -0.2) is 5.84 Å². The van der Waals surface area contributed by atoms with Crippen LogP contribution in [0.1, 0.15) is 26.2 Å². The topological polar surface area (TPSA) is 67.2 Å². The van der Waals surface area contributed by atoms with Crippen molar-refractivity contribution in [1.82, 2.24) is 10.7 Å². The summed E-state index contributed by atoms with van der Waals surface area (Å²) in [7, 11) is 0. The van der Waals surface area contributed by atoms with Crippen LogP contribution in [0.5, 0.6) is 0 Å². The van der Waals surface area contributed by atoms with E-state index in [4.69, 9.17) is 5.84 Å². The first-order valence-electron chi connectivity index (χ1n) is 4.51. The maximum Gasteiger partial charge on any atom is 0.251 e. The van der Waals surface area contributed by atoms with Crippen molar-refractivity contribution in [2.75, 3.05) is 6.54 Å². The molecule has 4 N–H and O–H groups in total. The van der Waals surface area contributed by atoms with Crippen LogP contribution in [0.2, 0.25) is 0 Å². The van der Waals surface area contributed by atoms with E-state index >= 15 is 0 Å². The molecule has 4 nitrogen and oxygen atoms in total. The number of carbonyl (C=O) groups excluding carboxylic acids is 1. The van der Waals surface area contributed by atoms with E-state index in [1.54, 1.807) is 0 Å². The molecule has 0 aromatic heterocycles. The Morgan fingerprint density at radius 2 is 2.50 bits per heavy atom. The highest BCUT2D eigenvalue weighted by Crippen LogP contribution is 2.18. The number of rotatable bonds is 2. The normalized spacial score (nSPS) is 29.8. The number of hydrogen-bond acceptors (Lipinski definition) is 3. The molecule has 1 aliphatic heterocycles. The lowest BCUT2D eigenvalue weighted by molar-refractivity contribution is -0.124. The van der Waals surface area contributed by atoms with Crippen LogP contribution in [0.3, 0.4) is 0 Å². The van der Waals surface area contributed by atoms with Gasteiger partial charge in [0.25, 0.3) is 5.91 Å². The number of nitrogens with two attached hydrogens (primary N) is 1. The Hall–Kier alpha value is -0.610. The van der Waals surface area contributed by atoms with Gasteiger partial charge in [0.05, 0.1) is 6.04 Å². The number of hydrogen-bond donors (Lipinski definition) is 3. The lowest BCUT2D eigenvalue weighted by Gasteiger charge is -2.28. The quantitative estimate of drug-likeness (QED) is 0.305. The number of carbonyl (C=O) groups is 1. The van der Waals surface area contributed by atoms with Gasteiger partial charge >= 0.3 is 0 Å². The zero-order chi connectivity index (χ0) is 8.97. The SMILES string of the molecule is CCC1CCNC(C(=O)NN)C1. The molecule has 0 spiro atoms. The first kappa shape index (κ1) is 9.48. The van der Waals surface area contributed by atoms with Crippen LogP contribution >= 0.6 is 0 Å². The maximum absolute atomic E-state index is 11.1. The highest BCUT2D eigenvalue weighted by molar-refractivity contribution is 5.81. The van der Waals surface area contributed by atoms with E-state index in [-0.39, 0.29) is 11.9 Å². The second-order valence-corrected chi connectivity index (χ2v) is 3.31. The summed E-state index contributed by atoms with van der Waals surface area (Å²) in [6, 6.07) is -0.0753. The van der Waals surface area contributed by atoms with E-state index in [1.807, 2.05) is 0 Å². The smallest absolute Gasteiger partial charge is 0.251 e. The van der Waals surface area contributed by atoms with Crippen molar-refractivity contribution in [3.63, 3.8) is 0 Å². The number of amides is 1. The van der Waals surface area contributed by atoms with Crippen LogP contribution in [-0.4, -0.2) is 18.5 Å². The summed E-state index contributed by atoms with van der Waals surface area (Å²) in [5, 5.41) is 3.14. The monoisotopic (exact) mass is 171 g/mol. The van der Waals surface area contributed by atoms with Crippen LogP contribution in [0.4, 0.5) is 0 Å². The summed E-state index contributed by atoms with van der Waals surface area (Å²) >= 11 is 0. The zero-order valence-corrected chi connectivity index (χ0v) is 7.47. The first-order valence-corrected chi connectivity index (χ1v) is 4.51. The Bertz CT molecular complexity index is 160. The van der Waals surface area contributed by atoms with Crippen molar-refractivity contribution in [1.29, 1.82) is 0 Å². The van der Waals surface area contributed by atoms with Gasteiger partial charge < -0.3 is 5.32 Å². The maximum atomic E-state index is 11.1. The molecule has 1 fully saturated rings. The lowest BCUT2D eigenvalue weighted by Crippen LogP contribution is -2.50. The molecule has 2 unspecified atom stereocenters. The van der Waals surface area contributed by atoms with Gasteiger partial charge in [-0.15, -0.1) is 0 Å². The minimum Gasteiger partial charge on any atom is -0.306 e. The van der Waals surface area contributed by atoms with E-state index in [0.717, 1.165) is 19.4 Å². The molecule has 12 heavy (non-hydrogen) atoms. The third-order valence-corrected chi connectivity index (χ3v) is 2.55. The van der Waals surface area contributed by atoms with E-state index in [0.29, 0.717) is 5.92 Å². The fraction of sp³-hybridized carbons (Fsp3) is 0.875. The van der Waals surface area contributed by atoms with Gasteiger partial charge in [0, 0.05) is 0 Å². The molecule has 1 aliphatic rings. The van der Waals surface area contributed by atoms with Crippen molar-refractivity contribution in [3.05, 3.63) is 0 Å². The van der Waals surface area contributed by atoms with Gasteiger partial charge in [0.15, 0.2) is 0 Å². The van der Waals surface area contributed by atoms with Crippen LogP contribution in [0.15, 0.2) is 0 Å². The van der Waals surface area contributed by atoms with Gasteiger partial charge in [-0.2, -0.15) is 0 Å². The molecule has 0 aliphatic carbocycles. The summed E-state index contributed by atoms with van der Waals surface area (Å²) in [5.41, 5.74) is 2.18. The predicted molar refractivity (Wildman–Crippen MR) is 47.1 cm³/mol. The van der Waals surface area contributed by atoms with Crippen molar-refractivity contribution < 1.29 is 4.79 Å². The fourth-order valence-electron chi connectivity index (χ4n) is 1.67. The van der Waals surface area contributed by atoms with Crippen LogP contribution in [0.25, 0.3) is 0 Å². The zero-order valence-electron chi connectivity index (χ0n) is 7.47. The molecule has 0 aromatic rings. The summed E-state index contributed by atoms with van der Waals surface area (Å²) in [6.45, 7) is 3.09. The molecular weight excluding hydrogens is 154 g/mol. The Labute approximate surface area is 72.9 Å². The standard InChI is InChI=1S/C8H17N3O/c1-2-6-3-4-10-7(5-6)8(12)11-9/h6-7,10H,2-5,9H2,1H3,(H,11,12). The van der Waals surface area contributed by atoms with Gasteiger partial charge in [-0.3, -0.25) is 10.2 Å². The second kappa shape index (κ2) is 4.42. The van der Waals surface area contributed by atoms with Crippen molar-refractivity contribution >= 4 is 5.91 Å². The van der Waals surface area contributed by atoms with Gasteiger partial charge in [0.2, 0.25) is 0 Å². The molecule has 0 saturated carbocycles. The number of piperidine rings is 1. The van der Waals surface area contributed by atoms with Crippen LogP contribution in [0, 0.1) is 5.92 Å². The molecular formula is C8H17N3O. The van der Waals surface area contributed by atoms with Crippen LogP contribution in [-0.2, 0) is 4.79 Å². The molecule has 1 amide bonds. The van der Waals surface area contributed by atoms with E-state index in [2.05, 4.69) is 17.7 Å². The van der Waals surface area contributed by atoms with Crippen LogP contribution < -0.4 is 16.6 Å². The highest BCUT2D eigenvalue weighted by Gasteiger charge is 2.24. The number of nitrogens with one attached hydrogen (secondary N) is 2. The molecule has 0 aromatic carbocycles. The van der Waals surface area contributed by atoms with E-state index in [1.165, 1.54) is 6.42 Å². The lowest BCUT2D eigenvalue weighted by atomic mass is 9.90. The molecule has 70 valence electrons. The summed E-state index contributed by atoms with van der Waals surface area (Å²) in [6.07, 6.45) is 3.24. The van der Waals surface area contributed by atoms with E-state index < -0.39 is 0 Å². The third kappa shape index (κ3) is 2.19. The van der Waals surface area contributed by atoms with Crippen molar-refractivity contribution in [2.24, 2.45) is 11.8 Å². The third-order valence-electron chi connectivity index (χ3n) is 2.55. The van der Waals surface area contributed by atoms with Gasteiger partial charge in [-0.05, 0) is 25.3 Å². The van der Waals surface area contributed by atoms with Crippen molar-refractivity contribution in [2.45, 2.75) is 32.2 Å². The highest BCUT2D eigenvalue weighted by atomic mass is 16.2. The predicted octanol–water partition coefficient (Wildman–Crippen LogP) is -0.245.